The van der Waals surface area contributed by atoms with Crippen molar-refractivity contribution in [2.75, 3.05) is 0 Å². The highest BCUT2D eigenvalue weighted by atomic mass is 14.4. The predicted molar refractivity (Wildman–Crippen MR) is 62.3 cm³/mol. The van der Waals surface area contributed by atoms with Gasteiger partial charge in [-0.25, -0.2) is 0 Å². The van der Waals surface area contributed by atoms with Crippen LogP contribution in [-0.4, -0.2) is 0 Å². The first-order chi connectivity index (χ1) is 6.90. The molecule has 0 spiro atoms. The van der Waals surface area contributed by atoms with E-state index in [1.807, 2.05) is 0 Å². The molecule has 3 unspecified atom stereocenters. The molecule has 2 aliphatic carbocycles. The second kappa shape index (κ2) is 5.19. The molecular weight excluding hydrogens is 168 g/mol. The summed E-state index contributed by atoms with van der Waals surface area (Å²) < 4.78 is 0. The molecule has 0 heteroatoms. The molecule has 82 valence electrons. The normalized spacial score (nSPS) is 37.1. The highest BCUT2D eigenvalue weighted by Crippen LogP contribution is 2.44. The third kappa shape index (κ3) is 2.52. The van der Waals surface area contributed by atoms with Gasteiger partial charge in [0.1, 0.15) is 0 Å². The van der Waals surface area contributed by atoms with Gasteiger partial charge in [0.15, 0.2) is 0 Å². The standard InChI is InChI=1S/C14H26/c1-2-3-4-7-13-8-5-6-12-9-10-14(13)11-12/h12-14H,2-11H2,1H3. The fraction of sp³-hybridized carbons (Fsp3) is 1.00. The largest absolute Gasteiger partial charge is 0.0654 e. The van der Waals surface area contributed by atoms with Crippen LogP contribution in [0.2, 0.25) is 0 Å². The van der Waals surface area contributed by atoms with E-state index in [0.29, 0.717) is 0 Å². The summed E-state index contributed by atoms with van der Waals surface area (Å²) >= 11 is 0. The average Bonchev–Trinajstić information content (AvgIpc) is 2.53. The minimum Gasteiger partial charge on any atom is -0.0654 e. The van der Waals surface area contributed by atoms with Crippen LogP contribution in [0.5, 0.6) is 0 Å². The number of hydrogen-bond donors (Lipinski definition) is 0. The summed E-state index contributed by atoms with van der Waals surface area (Å²) in [7, 11) is 0. The smallest absolute Gasteiger partial charge is 0.0383 e. The number of rotatable bonds is 4. The quantitative estimate of drug-likeness (QED) is 0.565. The van der Waals surface area contributed by atoms with Crippen molar-refractivity contribution in [2.24, 2.45) is 17.8 Å². The Morgan fingerprint density at radius 3 is 2.79 bits per heavy atom. The summed E-state index contributed by atoms with van der Waals surface area (Å²) in [6.45, 7) is 2.32. The van der Waals surface area contributed by atoms with Crippen molar-refractivity contribution in [3.05, 3.63) is 0 Å². The zero-order chi connectivity index (χ0) is 9.80. The Balaban J connectivity index is 1.78. The minimum atomic E-state index is 1.12. The summed E-state index contributed by atoms with van der Waals surface area (Å²) in [4.78, 5) is 0. The Hall–Kier alpha value is 0. The molecule has 14 heavy (non-hydrogen) atoms. The third-order valence-electron chi connectivity index (χ3n) is 4.61. The van der Waals surface area contributed by atoms with Gasteiger partial charge in [0.25, 0.3) is 0 Å². The van der Waals surface area contributed by atoms with Gasteiger partial charge in [-0.15, -0.1) is 0 Å². The SMILES string of the molecule is CCCCCC1CCCC2CCC1C2. The van der Waals surface area contributed by atoms with Gasteiger partial charge in [0.05, 0.1) is 0 Å². The second-order valence-corrected chi connectivity index (χ2v) is 5.63. The molecule has 0 aromatic carbocycles. The van der Waals surface area contributed by atoms with Gasteiger partial charge in [-0.2, -0.15) is 0 Å². The van der Waals surface area contributed by atoms with Gasteiger partial charge >= 0.3 is 0 Å². The van der Waals surface area contributed by atoms with Crippen LogP contribution in [0.1, 0.15) is 71.1 Å². The molecular formula is C14H26. The topological polar surface area (TPSA) is 0 Å². The van der Waals surface area contributed by atoms with Gasteiger partial charge in [-0.3, -0.25) is 0 Å². The van der Waals surface area contributed by atoms with Crippen molar-refractivity contribution < 1.29 is 0 Å². The van der Waals surface area contributed by atoms with Gasteiger partial charge in [0.2, 0.25) is 0 Å². The molecule has 2 bridgehead atoms. The maximum Gasteiger partial charge on any atom is -0.0383 e. The third-order valence-corrected chi connectivity index (χ3v) is 4.61. The maximum absolute atomic E-state index is 2.32. The van der Waals surface area contributed by atoms with Crippen LogP contribution in [0.4, 0.5) is 0 Å². The van der Waals surface area contributed by atoms with E-state index in [4.69, 9.17) is 0 Å². The van der Waals surface area contributed by atoms with E-state index >= 15 is 0 Å². The van der Waals surface area contributed by atoms with E-state index in [0.717, 1.165) is 17.8 Å². The molecule has 0 heterocycles. The van der Waals surface area contributed by atoms with Crippen LogP contribution in [0.25, 0.3) is 0 Å². The van der Waals surface area contributed by atoms with Crippen molar-refractivity contribution in [1.82, 2.24) is 0 Å². The van der Waals surface area contributed by atoms with E-state index in [1.165, 1.54) is 25.7 Å². The first kappa shape index (κ1) is 10.5. The Kier molecular flexibility index (Phi) is 3.89. The highest BCUT2D eigenvalue weighted by molar-refractivity contribution is 4.84. The molecule has 0 amide bonds. The molecule has 0 nitrogen and oxygen atoms in total. The highest BCUT2D eigenvalue weighted by Gasteiger charge is 2.32. The first-order valence-electron chi connectivity index (χ1n) is 6.90. The van der Waals surface area contributed by atoms with Crippen LogP contribution >= 0.6 is 0 Å². The van der Waals surface area contributed by atoms with Crippen molar-refractivity contribution in [1.29, 1.82) is 0 Å². The Morgan fingerprint density at radius 2 is 1.93 bits per heavy atom. The lowest BCUT2D eigenvalue weighted by Crippen LogP contribution is -2.10. The van der Waals surface area contributed by atoms with E-state index in [9.17, 15) is 0 Å². The number of unbranched alkanes of at least 4 members (excludes halogenated alkanes) is 2. The van der Waals surface area contributed by atoms with Gasteiger partial charge in [-0.05, 0) is 30.6 Å². The van der Waals surface area contributed by atoms with Crippen molar-refractivity contribution in [3.63, 3.8) is 0 Å². The zero-order valence-corrected chi connectivity index (χ0v) is 9.80. The van der Waals surface area contributed by atoms with E-state index < -0.39 is 0 Å². The molecule has 0 aromatic heterocycles. The molecule has 2 rings (SSSR count). The molecule has 2 fully saturated rings. The molecule has 0 aliphatic heterocycles. The molecule has 0 radical (unpaired) electrons. The van der Waals surface area contributed by atoms with Crippen LogP contribution in [0.15, 0.2) is 0 Å². The summed E-state index contributed by atoms with van der Waals surface area (Å²) in [5.74, 6) is 3.39. The summed E-state index contributed by atoms with van der Waals surface area (Å²) in [5, 5.41) is 0. The predicted octanol–water partition coefficient (Wildman–Crippen LogP) is 4.78. The summed E-state index contributed by atoms with van der Waals surface area (Å²) in [5.41, 5.74) is 0. The van der Waals surface area contributed by atoms with Gasteiger partial charge in [-0.1, -0.05) is 58.3 Å². The van der Waals surface area contributed by atoms with Crippen molar-refractivity contribution in [3.8, 4) is 0 Å². The first-order valence-corrected chi connectivity index (χ1v) is 6.90. The monoisotopic (exact) mass is 194 g/mol. The maximum atomic E-state index is 2.32. The average molecular weight is 194 g/mol. The van der Waals surface area contributed by atoms with E-state index in [2.05, 4.69) is 6.92 Å². The Labute approximate surface area is 89.5 Å². The van der Waals surface area contributed by atoms with Crippen molar-refractivity contribution >= 4 is 0 Å². The van der Waals surface area contributed by atoms with Crippen molar-refractivity contribution in [2.45, 2.75) is 71.1 Å². The zero-order valence-electron chi connectivity index (χ0n) is 9.80. The number of hydrogen-bond acceptors (Lipinski definition) is 0. The molecule has 2 aliphatic rings. The molecule has 0 N–H and O–H groups in total. The fourth-order valence-corrected chi connectivity index (χ4v) is 3.74. The summed E-state index contributed by atoms with van der Waals surface area (Å²) in [6, 6.07) is 0. The minimum absolute atomic E-state index is 1.12. The lowest BCUT2D eigenvalue weighted by Gasteiger charge is -2.22. The van der Waals surface area contributed by atoms with Crippen LogP contribution in [-0.2, 0) is 0 Å². The summed E-state index contributed by atoms with van der Waals surface area (Å²) in [6.07, 6.45) is 15.3. The molecule has 3 atom stereocenters. The molecule has 0 saturated heterocycles. The van der Waals surface area contributed by atoms with Gasteiger partial charge in [0, 0.05) is 0 Å². The second-order valence-electron chi connectivity index (χ2n) is 5.63. The van der Waals surface area contributed by atoms with E-state index in [-0.39, 0.29) is 0 Å². The fourth-order valence-electron chi connectivity index (χ4n) is 3.74. The molecule has 0 aromatic rings. The lowest BCUT2D eigenvalue weighted by atomic mass is 9.84. The van der Waals surface area contributed by atoms with E-state index in [1.54, 1.807) is 38.5 Å². The van der Waals surface area contributed by atoms with Crippen LogP contribution in [0.3, 0.4) is 0 Å². The lowest BCUT2D eigenvalue weighted by molar-refractivity contribution is 0.296. The Bertz CT molecular complexity index is 161. The van der Waals surface area contributed by atoms with Crippen LogP contribution in [0, 0.1) is 17.8 Å². The van der Waals surface area contributed by atoms with Crippen LogP contribution < -0.4 is 0 Å². The molecule has 2 saturated carbocycles. The Morgan fingerprint density at radius 1 is 1.00 bits per heavy atom. The van der Waals surface area contributed by atoms with Gasteiger partial charge < -0.3 is 0 Å². The number of fused-ring (bicyclic) bond motifs is 2.